The Labute approximate surface area is 79.6 Å². The Bertz CT molecular complexity index is 234. The minimum absolute atomic E-state index is 0.215. The minimum Gasteiger partial charge on any atom is -0.469 e. The molecule has 0 aromatic carbocycles. The normalized spacial score (nSPS) is 12.7. The van der Waals surface area contributed by atoms with Crippen LogP contribution in [0.2, 0.25) is 0 Å². The van der Waals surface area contributed by atoms with Gasteiger partial charge in [0.05, 0.1) is 13.5 Å². The third kappa shape index (κ3) is 7.06. The van der Waals surface area contributed by atoms with E-state index < -0.39 is 0 Å². The van der Waals surface area contributed by atoms with Crippen LogP contribution in [0.3, 0.4) is 0 Å². The summed E-state index contributed by atoms with van der Waals surface area (Å²) in [5.74, 6) is -0.215. The van der Waals surface area contributed by atoms with Crippen molar-refractivity contribution in [2.75, 3.05) is 7.11 Å². The molecule has 0 heterocycles. The molecule has 0 atom stereocenters. The van der Waals surface area contributed by atoms with Gasteiger partial charge in [-0.05, 0) is 13.8 Å². The third-order valence-corrected chi connectivity index (χ3v) is 1.44. The number of hydrogen-bond donors (Lipinski definition) is 0. The Morgan fingerprint density at radius 3 is 2.69 bits per heavy atom. The van der Waals surface area contributed by atoms with Gasteiger partial charge in [-0.25, -0.2) is 0 Å². The van der Waals surface area contributed by atoms with Crippen molar-refractivity contribution in [2.45, 2.75) is 20.3 Å². The topological polar surface area (TPSA) is 26.3 Å². The number of carbonyl (C=O) groups excluding carboxylic acids is 1. The fourth-order valence-electron chi connectivity index (χ4n) is 0.786. The molecule has 0 aliphatic carbocycles. The fraction of sp³-hybridized carbons (Fsp3) is 0.364. The lowest BCUT2D eigenvalue weighted by molar-refractivity contribution is -0.139. The maximum atomic E-state index is 10.7. The Hall–Kier alpha value is -1.31. The summed E-state index contributed by atoms with van der Waals surface area (Å²) in [4.78, 5) is 10.7. The first-order valence-corrected chi connectivity index (χ1v) is 4.23. The molecular formula is C11H16O2. The number of esters is 1. The molecule has 72 valence electrons. The summed E-state index contributed by atoms with van der Waals surface area (Å²) in [6, 6.07) is 0. The highest BCUT2D eigenvalue weighted by Crippen LogP contribution is 1.96. The highest BCUT2D eigenvalue weighted by atomic mass is 16.5. The van der Waals surface area contributed by atoms with E-state index in [1.165, 1.54) is 7.11 Å². The van der Waals surface area contributed by atoms with E-state index in [4.69, 9.17) is 0 Å². The van der Waals surface area contributed by atoms with Crippen molar-refractivity contribution in [1.29, 1.82) is 0 Å². The molecule has 0 spiro atoms. The van der Waals surface area contributed by atoms with Crippen LogP contribution in [-0.4, -0.2) is 13.1 Å². The molecule has 0 radical (unpaired) electrons. The summed E-state index contributed by atoms with van der Waals surface area (Å²) in [6.45, 7) is 3.97. The number of rotatable bonds is 4. The quantitative estimate of drug-likeness (QED) is 0.491. The molecule has 0 aromatic rings. The van der Waals surface area contributed by atoms with Gasteiger partial charge in [0.1, 0.15) is 0 Å². The molecule has 0 aliphatic rings. The predicted molar refractivity (Wildman–Crippen MR) is 54.3 cm³/mol. The van der Waals surface area contributed by atoms with Crippen molar-refractivity contribution < 1.29 is 9.53 Å². The zero-order chi connectivity index (χ0) is 10.1. The van der Waals surface area contributed by atoms with Crippen molar-refractivity contribution in [2.24, 2.45) is 0 Å². The highest BCUT2D eigenvalue weighted by Gasteiger charge is 1.91. The van der Waals surface area contributed by atoms with E-state index in [-0.39, 0.29) is 5.97 Å². The Balaban J connectivity index is 3.86. The number of methoxy groups -OCH3 is 1. The zero-order valence-corrected chi connectivity index (χ0v) is 8.41. The van der Waals surface area contributed by atoms with Crippen LogP contribution in [0.5, 0.6) is 0 Å². The van der Waals surface area contributed by atoms with Gasteiger partial charge in [-0.2, -0.15) is 0 Å². The summed E-state index contributed by atoms with van der Waals surface area (Å²) in [5, 5.41) is 0. The van der Waals surface area contributed by atoms with E-state index in [1.54, 1.807) is 6.08 Å². The number of ether oxygens (including phenoxy) is 1. The molecule has 2 heteroatoms. The predicted octanol–water partition coefficient (Wildman–Crippen LogP) is 2.63. The van der Waals surface area contributed by atoms with Gasteiger partial charge in [-0.3, -0.25) is 4.79 Å². The van der Waals surface area contributed by atoms with E-state index in [2.05, 4.69) is 4.74 Å². The summed E-state index contributed by atoms with van der Waals surface area (Å²) in [5.41, 5.74) is 1.16. The average molecular weight is 180 g/mol. The largest absolute Gasteiger partial charge is 0.469 e. The first-order chi connectivity index (χ1) is 6.20. The second kappa shape index (κ2) is 7.35. The third-order valence-electron chi connectivity index (χ3n) is 1.44. The monoisotopic (exact) mass is 180 g/mol. The molecule has 0 fully saturated rings. The van der Waals surface area contributed by atoms with Crippen molar-refractivity contribution >= 4 is 5.97 Å². The van der Waals surface area contributed by atoms with E-state index in [9.17, 15) is 4.79 Å². The second-order valence-electron chi connectivity index (χ2n) is 2.62. The van der Waals surface area contributed by atoms with Gasteiger partial charge in [-0.15, -0.1) is 0 Å². The molecule has 0 bridgehead atoms. The van der Waals surface area contributed by atoms with Crippen LogP contribution >= 0.6 is 0 Å². The van der Waals surface area contributed by atoms with E-state index in [0.717, 1.165) is 5.57 Å². The van der Waals surface area contributed by atoms with Crippen LogP contribution in [0.4, 0.5) is 0 Å². The average Bonchev–Trinajstić information content (AvgIpc) is 2.12. The highest BCUT2D eigenvalue weighted by molar-refractivity contribution is 5.70. The molecule has 0 aromatic heterocycles. The van der Waals surface area contributed by atoms with Crippen LogP contribution in [0.25, 0.3) is 0 Å². The number of carbonyl (C=O) groups is 1. The fourth-order valence-corrected chi connectivity index (χ4v) is 0.786. The molecule has 13 heavy (non-hydrogen) atoms. The molecule has 0 saturated heterocycles. The lowest BCUT2D eigenvalue weighted by Crippen LogP contribution is -1.96. The standard InChI is InChI=1S/C11H16O2/c1-4-7-10(2)8-5-6-9-11(12)13-3/h4-8H,9H2,1-3H3/b6-5+,7-4-,10-8-. The maximum absolute atomic E-state index is 10.7. The maximum Gasteiger partial charge on any atom is 0.309 e. The molecule has 0 saturated carbocycles. The van der Waals surface area contributed by atoms with Gasteiger partial charge in [0, 0.05) is 0 Å². The van der Waals surface area contributed by atoms with Crippen molar-refractivity contribution in [3.8, 4) is 0 Å². The van der Waals surface area contributed by atoms with Crippen molar-refractivity contribution in [3.63, 3.8) is 0 Å². The summed E-state index contributed by atoms with van der Waals surface area (Å²) in [6.07, 6.45) is 9.88. The molecular weight excluding hydrogens is 164 g/mol. The Morgan fingerprint density at radius 1 is 1.46 bits per heavy atom. The van der Waals surface area contributed by atoms with Gasteiger partial charge in [0.2, 0.25) is 0 Å². The first-order valence-electron chi connectivity index (χ1n) is 4.23. The number of hydrogen-bond acceptors (Lipinski definition) is 2. The van der Waals surface area contributed by atoms with Gasteiger partial charge in [0.15, 0.2) is 0 Å². The van der Waals surface area contributed by atoms with Crippen LogP contribution in [0.15, 0.2) is 36.0 Å². The molecule has 0 N–H and O–H groups in total. The molecule has 2 nitrogen and oxygen atoms in total. The van der Waals surface area contributed by atoms with E-state index in [1.807, 2.05) is 38.2 Å². The smallest absolute Gasteiger partial charge is 0.309 e. The van der Waals surface area contributed by atoms with Crippen LogP contribution in [-0.2, 0) is 9.53 Å². The molecule has 0 aliphatic heterocycles. The van der Waals surface area contributed by atoms with Crippen molar-refractivity contribution in [1.82, 2.24) is 0 Å². The Kier molecular flexibility index (Phi) is 6.60. The summed E-state index contributed by atoms with van der Waals surface area (Å²) >= 11 is 0. The van der Waals surface area contributed by atoms with Crippen molar-refractivity contribution in [3.05, 3.63) is 36.0 Å². The van der Waals surface area contributed by atoms with Gasteiger partial charge >= 0.3 is 5.97 Å². The lowest BCUT2D eigenvalue weighted by atomic mass is 10.2. The second-order valence-corrected chi connectivity index (χ2v) is 2.62. The van der Waals surface area contributed by atoms with E-state index >= 15 is 0 Å². The van der Waals surface area contributed by atoms with Gasteiger partial charge in [0.25, 0.3) is 0 Å². The summed E-state index contributed by atoms with van der Waals surface area (Å²) < 4.78 is 4.48. The van der Waals surface area contributed by atoms with Gasteiger partial charge < -0.3 is 4.74 Å². The molecule has 0 unspecified atom stereocenters. The summed E-state index contributed by atoms with van der Waals surface area (Å²) in [7, 11) is 1.39. The molecule has 0 rings (SSSR count). The van der Waals surface area contributed by atoms with Crippen LogP contribution in [0.1, 0.15) is 20.3 Å². The molecule has 0 amide bonds. The zero-order valence-electron chi connectivity index (χ0n) is 8.41. The van der Waals surface area contributed by atoms with Crippen LogP contribution < -0.4 is 0 Å². The van der Waals surface area contributed by atoms with Crippen LogP contribution in [0, 0.1) is 0 Å². The lowest BCUT2D eigenvalue weighted by Gasteiger charge is -1.91. The minimum atomic E-state index is -0.215. The Morgan fingerprint density at radius 2 is 2.15 bits per heavy atom. The number of allylic oxidation sites excluding steroid dienone is 5. The first kappa shape index (κ1) is 11.7. The SMILES string of the molecule is C\C=C/C(C)=C\C=C\CC(=O)OC. The van der Waals surface area contributed by atoms with E-state index in [0.29, 0.717) is 6.42 Å². The van der Waals surface area contributed by atoms with Gasteiger partial charge in [-0.1, -0.05) is 36.0 Å².